The van der Waals surface area contributed by atoms with Crippen LogP contribution >= 0.6 is 11.3 Å². The number of rotatable bonds is 10. The van der Waals surface area contributed by atoms with E-state index < -0.39 is 0 Å². The molecule has 0 aliphatic heterocycles. The predicted octanol–water partition coefficient (Wildman–Crippen LogP) is 17.7. The van der Waals surface area contributed by atoms with Gasteiger partial charge in [0.25, 0.3) is 0 Å². The molecule has 1 heterocycles. The summed E-state index contributed by atoms with van der Waals surface area (Å²) >= 11 is 1.85. The van der Waals surface area contributed by atoms with E-state index in [-0.39, 0.29) is 0 Å². The van der Waals surface area contributed by atoms with Crippen LogP contribution in [0.5, 0.6) is 0 Å². The molecule has 0 saturated carbocycles. The molecule has 1 aromatic heterocycles. The van der Waals surface area contributed by atoms with Crippen molar-refractivity contribution in [2.24, 2.45) is 0 Å². The van der Waals surface area contributed by atoms with Crippen molar-refractivity contribution in [2.45, 2.75) is 0 Å². The molecule has 0 radical (unpaired) electrons. The summed E-state index contributed by atoms with van der Waals surface area (Å²) in [5.74, 6) is 0. The molecular formula is C60H42N2S. The van der Waals surface area contributed by atoms with E-state index in [1.807, 2.05) is 11.3 Å². The molecule has 0 unspecified atom stereocenters. The van der Waals surface area contributed by atoms with Gasteiger partial charge in [0, 0.05) is 48.5 Å². The van der Waals surface area contributed by atoms with Crippen molar-refractivity contribution in [1.82, 2.24) is 0 Å². The second-order valence-electron chi connectivity index (χ2n) is 15.7. The molecule has 0 aliphatic carbocycles. The van der Waals surface area contributed by atoms with Crippen molar-refractivity contribution in [3.8, 4) is 44.5 Å². The van der Waals surface area contributed by atoms with Gasteiger partial charge in [-0.3, -0.25) is 0 Å². The van der Waals surface area contributed by atoms with Crippen molar-refractivity contribution in [2.75, 3.05) is 9.80 Å². The lowest BCUT2D eigenvalue weighted by Gasteiger charge is -2.30. The third kappa shape index (κ3) is 7.46. The number of para-hydroxylation sites is 1. The van der Waals surface area contributed by atoms with Crippen LogP contribution < -0.4 is 9.80 Å². The van der Waals surface area contributed by atoms with Crippen molar-refractivity contribution in [1.29, 1.82) is 0 Å². The van der Waals surface area contributed by atoms with Crippen LogP contribution in [0.4, 0.5) is 34.1 Å². The highest BCUT2D eigenvalue weighted by molar-refractivity contribution is 7.26. The van der Waals surface area contributed by atoms with Gasteiger partial charge in [-0.2, -0.15) is 0 Å². The summed E-state index contributed by atoms with van der Waals surface area (Å²) < 4.78 is 2.56. The van der Waals surface area contributed by atoms with Gasteiger partial charge in [-0.1, -0.05) is 182 Å². The fourth-order valence-electron chi connectivity index (χ4n) is 8.82. The lowest BCUT2D eigenvalue weighted by Crippen LogP contribution is -2.12. The molecule has 0 N–H and O–H groups in total. The number of hydrogen-bond donors (Lipinski definition) is 0. The molecule has 0 fully saturated rings. The molecule has 63 heavy (non-hydrogen) atoms. The Labute approximate surface area is 372 Å². The summed E-state index contributed by atoms with van der Waals surface area (Å²) in [4.78, 5) is 4.83. The Balaban J connectivity index is 1.06. The van der Waals surface area contributed by atoms with E-state index >= 15 is 0 Å². The second-order valence-corrected chi connectivity index (χ2v) is 16.8. The molecule has 298 valence electrons. The van der Waals surface area contributed by atoms with E-state index in [0.29, 0.717) is 0 Å². The third-order valence-electron chi connectivity index (χ3n) is 11.9. The van der Waals surface area contributed by atoms with Crippen LogP contribution in [0.1, 0.15) is 0 Å². The van der Waals surface area contributed by atoms with Gasteiger partial charge in [0.05, 0.1) is 11.4 Å². The van der Waals surface area contributed by atoms with E-state index in [1.165, 1.54) is 53.6 Å². The van der Waals surface area contributed by atoms with Crippen molar-refractivity contribution in [3.05, 3.63) is 255 Å². The Morgan fingerprint density at radius 2 is 0.667 bits per heavy atom. The molecule has 10 aromatic carbocycles. The van der Waals surface area contributed by atoms with Crippen LogP contribution in [-0.4, -0.2) is 0 Å². The van der Waals surface area contributed by atoms with E-state index in [9.17, 15) is 0 Å². The van der Waals surface area contributed by atoms with Crippen molar-refractivity contribution in [3.63, 3.8) is 0 Å². The Morgan fingerprint density at radius 3 is 1.24 bits per heavy atom. The minimum Gasteiger partial charge on any atom is -0.310 e. The summed E-state index contributed by atoms with van der Waals surface area (Å²) in [7, 11) is 0. The lowest BCUT2D eigenvalue weighted by molar-refractivity contribution is 1.28. The topological polar surface area (TPSA) is 6.48 Å². The summed E-state index contributed by atoms with van der Waals surface area (Å²) in [6.45, 7) is 0. The molecule has 0 saturated heterocycles. The van der Waals surface area contributed by atoms with E-state index in [2.05, 4.69) is 265 Å². The van der Waals surface area contributed by atoms with Gasteiger partial charge < -0.3 is 9.80 Å². The smallest absolute Gasteiger partial charge is 0.0555 e. The number of anilines is 6. The van der Waals surface area contributed by atoms with Gasteiger partial charge >= 0.3 is 0 Å². The van der Waals surface area contributed by atoms with Crippen LogP contribution in [-0.2, 0) is 0 Å². The third-order valence-corrected chi connectivity index (χ3v) is 13.0. The standard InChI is InChI=1S/C60H42N2S/c1-4-16-43(17-5-1)46-30-36-50(37-31-46)61(51-38-32-47(33-39-51)44-18-6-2-7-19-44)53-23-14-22-49(42-53)54-24-10-12-26-56(54)62(52-40-34-48(35-41-52)45-20-8-3-9-21-45)57-27-15-29-59-60(57)55-25-11-13-28-58(55)63-59/h1-42H. The Morgan fingerprint density at radius 1 is 0.254 bits per heavy atom. The Kier molecular flexibility index (Phi) is 10.1. The zero-order valence-corrected chi connectivity index (χ0v) is 35.4. The van der Waals surface area contributed by atoms with Gasteiger partial charge in [0.15, 0.2) is 0 Å². The molecule has 11 aromatic rings. The maximum atomic E-state index is 2.46. The maximum absolute atomic E-state index is 2.46. The molecule has 0 aliphatic rings. The van der Waals surface area contributed by atoms with Gasteiger partial charge in [-0.15, -0.1) is 11.3 Å². The fourth-order valence-corrected chi connectivity index (χ4v) is 9.95. The first-order valence-corrected chi connectivity index (χ1v) is 22.2. The minimum absolute atomic E-state index is 1.08. The van der Waals surface area contributed by atoms with Gasteiger partial charge in [-0.05, 0) is 112 Å². The molecule has 0 bridgehead atoms. The highest BCUT2D eigenvalue weighted by atomic mass is 32.1. The number of fused-ring (bicyclic) bond motifs is 3. The predicted molar refractivity (Wildman–Crippen MR) is 270 cm³/mol. The number of nitrogens with zero attached hydrogens (tertiary/aromatic N) is 2. The SMILES string of the molecule is c1ccc(-c2ccc(N(c3ccc(-c4ccccc4)cc3)c3cccc(-c4ccccc4N(c4ccc(-c5ccccc5)cc4)c4cccc5sc6ccccc6c45)c3)cc2)cc1. The molecular weight excluding hydrogens is 781 g/mol. The number of benzene rings is 10. The normalized spacial score (nSPS) is 11.2. The lowest BCUT2D eigenvalue weighted by atomic mass is 9.99. The number of thiophene rings is 1. The second kappa shape index (κ2) is 16.8. The van der Waals surface area contributed by atoms with Gasteiger partial charge in [-0.25, -0.2) is 0 Å². The molecule has 3 heteroatoms. The first-order valence-electron chi connectivity index (χ1n) is 21.4. The fraction of sp³-hybridized carbons (Fsp3) is 0. The van der Waals surface area contributed by atoms with Gasteiger partial charge in [0.1, 0.15) is 0 Å². The first kappa shape index (κ1) is 38.0. The highest BCUT2D eigenvalue weighted by Gasteiger charge is 2.22. The largest absolute Gasteiger partial charge is 0.310 e. The van der Waals surface area contributed by atoms with Crippen molar-refractivity contribution < 1.29 is 0 Å². The zero-order chi connectivity index (χ0) is 42.0. The summed E-state index contributed by atoms with van der Waals surface area (Å²) in [6, 6.07) is 92.0. The molecule has 2 nitrogen and oxygen atoms in total. The van der Waals surface area contributed by atoms with Crippen LogP contribution in [0.25, 0.3) is 64.7 Å². The van der Waals surface area contributed by atoms with Gasteiger partial charge in [0.2, 0.25) is 0 Å². The quantitative estimate of drug-likeness (QED) is 0.136. The average molecular weight is 823 g/mol. The van der Waals surface area contributed by atoms with E-state index in [1.54, 1.807) is 0 Å². The van der Waals surface area contributed by atoms with Crippen molar-refractivity contribution >= 4 is 65.6 Å². The van der Waals surface area contributed by atoms with Crippen LogP contribution in [0.2, 0.25) is 0 Å². The first-order chi connectivity index (χ1) is 31.2. The zero-order valence-electron chi connectivity index (χ0n) is 34.6. The average Bonchev–Trinajstić information content (AvgIpc) is 3.76. The maximum Gasteiger partial charge on any atom is 0.0555 e. The molecule has 0 spiro atoms. The van der Waals surface area contributed by atoms with Crippen LogP contribution in [0.3, 0.4) is 0 Å². The monoisotopic (exact) mass is 822 g/mol. The summed E-state index contributed by atoms with van der Waals surface area (Å²) in [6.07, 6.45) is 0. The van der Waals surface area contributed by atoms with Crippen LogP contribution in [0, 0.1) is 0 Å². The van der Waals surface area contributed by atoms with E-state index in [0.717, 1.165) is 45.3 Å². The Hall–Kier alpha value is -7.98. The summed E-state index contributed by atoms with van der Waals surface area (Å²) in [5, 5.41) is 2.53. The Bertz CT molecular complexity index is 3220. The molecule has 0 atom stereocenters. The summed E-state index contributed by atoms with van der Waals surface area (Å²) in [5.41, 5.74) is 16.0. The molecule has 11 rings (SSSR count). The van der Waals surface area contributed by atoms with E-state index in [4.69, 9.17) is 0 Å². The number of hydrogen-bond acceptors (Lipinski definition) is 3. The minimum atomic E-state index is 1.08. The molecule has 0 amide bonds. The highest BCUT2D eigenvalue weighted by Crippen LogP contribution is 2.48. The van der Waals surface area contributed by atoms with Crippen LogP contribution in [0.15, 0.2) is 255 Å².